The zero-order chi connectivity index (χ0) is 71.0. The third-order valence-electron chi connectivity index (χ3n) is 17.6. The van der Waals surface area contributed by atoms with Crippen molar-refractivity contribution in [2.75, 3.05) is 81.8 Å². The minimum absolute atomic E-state index is 0.00246. The van der Waals surface area contributed by atoms with Crippen LogP contribution in [0.2, 0.25) is 0 Å². The maximum atomic E-state index is 13.3. The van der Waals surface area contributed by atoms with E-state index in [9.17, 15) is 32.8 Å². The number of rotatable bonds is 8. The van der Waals surface area contributed by atoms with Crippen molar-refractivity contribution in [1.82, 2.24) is 50.1 Å². The number of carboxylic acids is 1. The van der Waals surface area contributed by atoms with E-state index >= 15 is 0 Å². The Morgan fingerprint density at radius 1 is 0.465 bits per heavy atom. The first-order valence-electron chi connectivity index (χ1n) is 33.3. The van der Waals surface area contributed by atoms with Gasteiger partial charge in [0, 0.05) is 105 Å². The molecule has 522 valence electrons. The number of amides is 1. The van der Waals surface area contributed by atoms with Crippen LogP contribution in [0, 0.1) is 0 Å². The molecule has 0 bridgehead atoms. The molecule has 9 heterocycles. The number of ether oxygens (including phenoxy) is 3. The van der Waals surface area contributed by atoms with Crippen LogP contribution in [0.25, 0.3) is 6.08 Å². The number of halogens is 3. The van der Waals surface area contributed by atoms with Crippen molar-refractivity contribution in [3.05, 3.63) is 243 Å². The van der Waals surface area contributed by atoms with E-state index in [2.05, 4.69) is 86.5 Å². The van der Waals surface area contributed by atoms with Gasteiger partial charge in [0.25, 0.3) is 5.91 Å². The molecule has 0 radical (unpaired) electrons. The molecule has 0 unspecified atom stereocenters. The molecule has 0 saturated carbocycles. The van der Waals surface area contributed by atoms with Crippen LogP contribution in [0.5, 0.6) is 0 Å². The number of methoxy groups -OCH3 is 3. The van der Waals surface area contributed by atoms with Gasteiger partial charge in [0.1, 0.15) is 16.9 Å². The number of hydrogen-bond donors (Lipinski definition) is 2. The van der Waals surface area contributed by atoms with Crippen LogP contribution in [0.3, 0.4) is 0 Å². The van der Waals surface area contributed by atoms with Crippen molar-refractivity contribution in [3.63, 3.8) is 0 Å². The lowest BCUT2D eigenvalue weighted by molar-refractivity contribution is 0.0592. The largest absolute Gasteiger partial charge is 0.478 e. The van der Waals surface area contributed by atoms with Crippen molar-refractivity contribution < 1.29 is 52.1 Å². The number of likely N-dealkylation sites (tertiary alicyclic amines) is 1. The van der Waals surface area contributed by atoms with E-state index < -0.39 is 18.3 Å². The Kier molecular flexibility index (Phi) is 26.2. The van der Waals surface area contributed by atoms with Gasteiger partial charge in [-0.15, -0.1) is 0 Å². The third kappa shape index (κ3) is 19.8. The summed E-state index contributed by atoms with van der Waals surface area (Å²) in [6.07, 6.45) is 32.2. The molecule has 22 nitrogen and oxygen atoms in total. The predicted octanol–water partition coefficient (Wildman–Crippen LogP) is 12.5. The molecule has 2 aliphatic carbocycles. The Balaban J connectivity index is 0.000000131. The van der Waals surface area contributed by atoms with E-state index in [1.165, 1.54) is 44.4 Å². The van der Waals surface area contributed by atoms with Crippen molar-refractivity contribution in [3.8, 4) is 0 Å². The molecule has 101 heavy (non-hydrogen) atoms. The minimum Gasteiger partial charge on any atom is -0.478 e. The minimum atomic E-state index is -0.893. The quantitative estimate of drug-likeness (QED) is 0.106. The zero-order valence-corrected chi connectivity index (χ0v) is 57.9. The number of allylic oxidation sites excluding steroid dienone is 1. The highest BCUT2D eigenvalue weighted by molar-refractivity contribution is 9.10. The highest BCUT2D eigenvalue weighted by Crippen LogP contribution is 2.37. The highest BCUT2D eigenvalue weighted by atomic mass is 79.9. The lowest BCUT2D eigenvalue weighted by Gasteiger charge is -2.29. The molecule has 0 spiro atoms. The maximum absolute atomic E-state index is 13.3. The molecule has 25 heteroatoms. The molecule has 0 atom stereocenters. The first-order valence-corrected chi connectivity index (χ1v) is 34.1. The number of alkyl halides is 2. The molecule has 7 aliphatic rings. The van der Waals surface area contributed by atoms with Gasteiger partial charge >= 0.3 is 23.9 Å². The molecular weight excluding hydrogens is 1360 g/mol. The summed E-state index contributed by atoms with van der Waals surface area (Å²) in [5.74, 6) is 0.726. The molecule has 5 aromatic carbocycles. The first kappa shape index (κ1) is 72.9. The molecule has 4 aromatic heterocycles. The van der Waals surface area contributed by atoms with E-state index in [0.29, 0.717) is 66.6 Å². The third-order valence-corrected chi connectivity index (χ3v) is 18.0. The fourth-order valence-electron chi connectivity index (χ4n) is 12.3. The maximum Gasteiger partial charge on any atom is 0.337 e. The van der Waals surface area contributed by atoms with Crippen molar-refractivity contribution >= 4 is 86.3 Å². The molecule has 16 rings (SSSR count). The van der Waals surface area contributed by atoms with E-state index in [1.807, 2.05) is 77.7 Å². The number of fused-ring (bicyclic) bond motifs is 5. The summed E-state index contributed by atoms with van der Waals surface area (Å²) in [5, 5.41) is 12.0. The molecule has 2 fully saturated rings. The number of nitrogens with zero attached hydrogens (tertiary/aromatic N) is 12. The molecule has 5 aliphatic heterocycles. The highest BCUT2D eigenvalue weighted by Gasteiger charge is 2.28. The Morgan fingerprint density at radius 3 is 1.32 bits per heavy atom. The summed E-state index contributed by atoms with van der Waals surface area (Å²) < 4.78 is 40.2. The van der Waals surface area contributed by atoms with Crippen molar-refractivity contribution in [1.29, 1.82) is 0 Å². The summed E-state index contributed by atoms with van der Waals surface area (Å²) >= 11 is 3.14. The zero-order valence-electron chi connectivity index (χ0n) is 56.3. The first-order chi connectivity index (χ1) is 49.2. The van der Waals surface area contributed by atoms with E-state index in [0.717, 1.165) is 133 Å². The molecule has 9 aromatic rings. The molecule has 2 saturated heterocycles. The Bertz CT molecular complexity index is 4300. The smallest absolute Gasteiger partial charge is 0.337 e. The lowest BCUT2D eigenvalue weighted by atomic mass is 10.0. The van der Waals surface area contributed by atoms with Gasteiger partial charge in [-0.25, -0.2) is 47.9 Å². The number of benzene rings is 5. The molecular formula is C76H78BrF2N13O9. The van der Waals surface area contributed by atoms with Gasteiger partial charge in [0.2, 0.25) is 0 Å². The number of carboxylic acid groups (broad SMARTS) is 1. The standard InChI is InChI=1S/C18H19FN4O.C14H13N3O2.C13H11N3O2.C11H12O2.C11H10O2.C5H10FN.C4H3BrN2/c19-15-4-8-22(9-5-15)18(24)14-1-2-16-13(11-14)3-10-23(16)17-12-20-6-7-21-17;1-19-14(18)11-2-3-12-10(8-11)4-7-17(12)13-9-15-5-6-16-13;17-13(18)10-1-2-11-9(7-10)3-6-16(11)12-8-14-4-5-15-12;2*1-13-11(12)10-6-5-8-3-2-4-9(8)7-10;6-5-1-3-7-4-2-5;5-4-3-6-1-2-7-4/h1-2,6-7,11-12,15H,3-5,8-10H2;2-3,5-6,8-9H,4,7H2,1H3;1-2,4-5,7-8H,3,6H2,(H,17,18);5-7H,2-4H2,1H3;2,4-7H,3H2,1H3;5,7H,1-4H2;1-3H. The van der Waals surface area contributed by atoms with Gasteiger partial charge in [-0.1, -0.05) is 24.3 Å². The Labute approximate surface area is 593 Å². The van der Waals surface area contributed by atoms with Crippen molar-refractivity contribution in [2.45, 2.75) is 83.0 Å². The average Bonchev–Trinajstić information content (AvgIpc) is 1.69. The normalized spacial score (nSPS) is 14.9. The average molecular weight is 1440 g/mol. The molecule has 2 N–H and O–H groups in total. The summed E-state index contributed by atoms with van der Waals surface area (Å²) in [5.41, 5.74) is 14.5. The predicted molar refractivity (Wildman–Crippen MR) is 383 cm³/mol. The van der Waals surface area contributed by atoms with Gasteiger partial charge in [-0.3, -0.25) is 24.7 Å². The monoisotopic (exact) mass is 1430 g/mol. The summed E-state index contributed by atoms with van der Waals surface area (Å²) in [4.78, 5) is 98.2. The number of carbonyl (C=O) groups is 5. The van der Waals surface area contributed by atoms with E-state index in [4.69, 9.17) is 9.84 Å². The summed E-state index contributed by atoms with van der Waals surface area (Å²) in [7, 11) is 4.20. The lowest BCUT2D eigenvalue weighted by Crippen LogP contribution is -2.39. The van der Waals surface area contributed by atoms with Crippen molar-refractivity contribution in [2.24, 2.45) is 0 Å². The van der Waals surface area contributed by atoms with E-state index in [-0.39, 0.29) is 23.8 Å². The topological polar surface area (TPSA) is 261 Å². The fourth-order valence-corrected chi connectivity index (χ4v) is 12.6. The van der Waals surface area contributed by atoms with Gasteiger partial charge in [-0.2, -0.15) is 0 Å². The van der Waals surface area contributed by atoms with Crippen LogP contribution >= 0.6 is 15.9 Å². The van der Waals surface area contributed by atoms with Crippen LogP contribution in [-0.2, 0) is 52.7 Å². The number of nitrogens with one attached hydrogen (secondary N) is 1. The Hall–Kier alpha value is -10.8. The van der Waals surface area contributed by atoms with Crippen LogP contribution in [-0.4, -0.2) is 159 Å². The Morgan fingerprint density at radius 2 is 0.881 bits per heavy atom. The fraction of sp³-hybridized carbons (Fsp3) is 0.303. The number of hydrogen-bond acceptors (Lipinski definition) is 20. The van der Waals surface area contributed by atoms with Crippen LogP contribution < -0.4 is 20.0 Å². The summed E-state index contributed by atoms with van der Waals surface area (Å²) in [6, 6.07) is 28.1. The van der Waals surface area contributed by atoms with Gasteiger partial charge in [0.15, 0.2) is 17.5 Å². The number of aromatic carboxylic acids is 1. The number of piperidine rings is 2. The number of aryl methyl sites for hydroxylation is 2. The summed E-state index contributed by atoms with van der Waals surface area (Å²) in [6.45, 7) is 5.21. The second-order valence-electron chi connectivity index (χ2n) is 24.0. The van der Waals surface area contributed by atoms with Gasteiger partial charge in [-0.05, 0) is 217 Å². The number of anilines is 6. The van der Waals surface area contributed by atoms with Crippen LogP contribution in [0.1, 0.15) is 123 Å². The number of aromatic nitrogens is 8. The molecule has 1 amide bonds. The van der Waals surface area contributed by atoms with Crippen LogP contribution in [0.4, 0.5) is 43.3 Å². The number of carbonyl (C=O) groups excluding carboxylic acids is 4. The second-order valence-corrected chi connectivity index (χ2v) is 24.8. The van der Waals surface area contributed by atoms with Crippen LogP contribution in [0.15, 0.2) is 176 Å². The number of esters is 3. The van der Waals surface area contributed by atoms with Gasteiger partial charge < -0.3 is 44.2 Å². The van der Waals surface area contributed by atoms with E-state index in [1.54, 1.807) is 104 Å². The SMILES string of the molecule is Brc1cnccn1.COC(=O)c1ccc2c(c1)C=CC2.COC(=O)c1ccc2c(c1)CCC2.COC(=O)c1ccc2c(c1)CCN2c1cnccn1.FC1CCNCC1.O=C(O)c1ccc2c(c1)CCN2c1cnccn1.O=C(c1ccc2c(c1)CCN2c1cnccn1)N1CCC(F)CC1. The second kappa shape index (κ2) is 36.3. The van der Waals surface area contributed by atoms with Gasteiger partial charge in [0.05, 0.1) is 68.4 Å².